The van der Waals surface area contributed by atoms with Gasteiger partial charge in [-0.05, 0) is 36.3 Å². The molecule has 1 saturated carbocycles. The molecule has 0 saturated heterocycles. The highest BCUT2D eigenvalue weighted by molar-refractivity contribution is 6.31. The molecular formula is C12H13ClO2. The Balaban J connectivity index is 1.95. The zero-order valence-corrected chi connectivity index (χ0v) is 9.07. The van der Waals surface area contributed by atoms with Crippen molar-refractivity contribution >= 4 is 17.6 Å². The van der Waals surface area contributed by atoms with Crippen LogP contribution in [0.25, 0.3) is 0 Å². The van der Waals surface area contributed by atoms with Gasteiger partial charge in [-0.1, -0.05) is 29.8 Å². The van der Waals surface area contributed by atoms with Crippen LogP contribution in [0.2, 0.25) is 5.02 Å². The summed E-state index contributed by atoms with van der Waals surface area (Å²) in [5, 5.41) is 9.44. The van der Waals surface area contributed by atoms with Gasteiger partial charge in [0.15, 0.2) is 0 Å². The summed E-state index contributed by atoms with van der Waals surface area (Å²) in [5.41, 5.74) is 1.17. The van der Waals surface area contributed by atoms with Crippen molar-refractivity contribution in [3.8, 4) is 0 Å². The predicted molar refractivity (Wildman–Crippen MR) is 59.2 cm³/mol. The van der Waals surface area contributed by atoms with E-state index in [4.69, 9.17) is 16.7 Å². The lowest BCUT2D eigenvalue weighted by atomic mass is 9.70. The molecule has 1 aromatic carbocycles. The average Bonchev–Trinajstić information content (AvgIpc) is 2.12. The lowest BCUT2D eigenvalue weighted by molar-refractivity contribution is -0.138. The normalized spacial score (nSPS) is 24.6. The third-order valence-electron chi connectivity index (χ3n) is 3.04. The van der Waals surface area contributed by atoms with Gasteiger partial charge < -0.3 is 5.11 Å². The summed E-state index contributed by atoms with van der Waals surface area (Å²) in [5.74, 6) is 0.101. The second-order valence-corrected chi connectivity index (χ2v) is 4.56. The maximum Gasteiger partial charge on any atom is 0.303 e. The molecule has 80 valence electrons. The number of hydrogen-bond donors (Lipinski definition) is 1. The topological polar surface area (TPSA) is 37.3 Å². The van der Waals surface area contributed by atoms with E-state index in [9.17, 15) is 4.79 Å². The van der Waals surface area contributed by atoms with Gasteiger partial charge >= 0.3 is 5.97 Å². The molecule has 1 N–H and O–H groups in total. The van der Waals surface area contributed by atoms with Crippen LogP contribution in [-0.2, 0) is 4.79 Å². The Hall–Kier alpha value is -1.02. The molecule has 2 nitrogen and oxygen atoms in total. The van der Waals surface area contributed by atoms with Gasteiger partial charge in [-0.2, -0.15) is 0 Å². The molecule has 0 heterocycles. The molecule has 15 heavy (non-hydrogen) atoms. The van der Waals surface area contributed by atoms with Crippen molar-refractivity contribution in [1.82, 2.24) is 0 Å². The molecule has 3 heteroatoms. The maximum absolute atomic E-state index is 10.5. The average molecular weight is 225 g/mol. The molecule has 0 aliphatic heterocycles. The van der Waals surface area contributed by atoms with Gasteiger partial charge in [-0.15, -0.1) is 0 Å². The van der Waals surface area contributed by atoms with Crippen LogP contribution in [0.1, 0.15) is 30.7 Å². The van der Waals surface area contributed by atoms with Gasteiger partial charge in [0.25, 0.3) is 0 Å². The molecule has 0 bridgehead atoms. The molecule has 1 aromatic rings. The fourth-order valence-corrected chi connectivity index (χ4v) is 2.50. The fraction of sp³-hybridized carbons (Fsp3) is 0.417. The number of benzene rings is 1. The summed E-state index contributed by atoms with van der Waals surface area (Å²) in [4.78, 5) is 10.5. The SMILES string of the molecule is O=C(O)CC1CC(c2ccccc2Cl)C1. The quantitative estimate of drug-likeness (QED) is 0.855. The summed E-state index contributed by atoms with van der Waals surface area (Å²) in [6.07, 6.45) is 2.20. The smallest absolute Gasteiger partial charge is 0.303 e. The minimum absolute atomic E-state index is 0.293. The summed E-state index contributed by atoms with van der Waals surface area (Å²) in [6, 6.07) is 7.82. The van der Waals surface area contributed by atoms with E-state index in [1.165, 1.54) is 5.56 Å². The summed E-state index contributed by atoms with van der Waals surface area (Å²) >= 11 is 6.07. The van der Waals surface area contributed by atoms with Gasteiger partial charge in [-0.3, -0.25) is 4.79 Å². The Labute approximate surface area is 93.9 Å². The standard InChI is InChI=1S/C12H13ClO2/c13-11-4-2-1-3-10(11)9-5-8(6-9)7-12(14)15/h1-4,8-9H,5-7H2,(H,14,15). The van der Waals surface area contributed by atoms with Crippen molar-refractivity contribution in [2.24, 2.45) is 5.92 Å². The Morgan fingerprint density at radius 1 is 1.40 bits per heavy atom. The van der Waals surface area contributed by atoms with Crippen LogP contribution in [0.15, 0.2) is 24.3 Å². The molecule has 0 radical (unpaired) electrons. The molecule has 2 rings (SSSR count). The van der Waals surface area contributed by atoms with Gasteiger partial charge in [0.2, 0.25) is 0 Å². The number of halogens is 1. The summed E-state index contributed by atoms with van der Waals surface area (Å²) < 4.78 is 0. The Morgan fingerprint density at radius 3 is 2.67 bits per heavy atom. The summed E-state index contributed by atoms with van der Waals surface area (Å²) in [7, 11) is 0. The largest absolute Gasteiger partial charge is 0.481 e. The van der Waals surface area contributed by atoms with E-state index < -0.39 is 5.97 Å². The third-order valence-corrected chi connectivity index (χ3v) is 3.39. The number of carboxylic acids is 1. The van der Waals surface area contributed by atoms with Crippen LogP contribution in [0.5, 0.6) is 0 Å². The molecule has 0 aromatic heterocycles. The number of hydrogen-bond acceptors (Lipinski definition) is 1. The van der Waals surface area contributed by atoms with Crippen LogP contribution in [-0.4, -0.2) is 11.1 Å². The zero-order chi connectivity index (χ0) is 10.8. The second kappa shape index (κ2) is 4.23. The molecule has 0 atom stereocenters. The number of carboxylic acid groups (broad SMARTS) is 1. The lowest BCUT2D eigenvalue weighted by Crippen LogP contribution is -2.24. The van der Waals surface area contributed by atoms with Crippen LogP contribution < -0.4 is 0 Å². The van der Waals surface area contributed by atoms with E-state index in [1.807, 2.05) is 24.3 Å². The molecular weight excluding hydrogens is 212 g/mol. The molecule has 0 spiro atoms. The minimum atomic E-state index is -0.697. The second-order valence-electron chi connectivity index (χ2n) is 4.15. The van der Waals surface area contributed by atoms with Crippen molar-refractivity contribution in [2.75, 3.05) is 0 Å². The highest BCUT2D eigenvalue weighted by Crippen LogP contribution is 2.45. The van der Waals surface area contributed by atoms with Gasteiger partial charge in [-0.25, -0.2) is 0 Å². The van der Waals surface area contributed by atoms with E-state index in [2.05, 4.69) is 0 Å². The monoisotopic (exact) mass is 224 g/mol. The minimum Gasteiger partial charge on any atom is -0.481 e. The lowest BCUT2D eigenvalue weighted by Gasteiger charge is -2.35. The Bertz CT molecular complexity index is 370. The maximum atomic E-state index is 10.5. The van der Waals surface area contributed by atoms with Gasteiger partial charge in [0.1, 0.15) is 0 Å². The first-order valence-electron chi connectivity index (χ1n) is 5.13. The van der Waals surface area contributed by atoms with Crippen molar-refractivity contribution < 1.29 is 9.90 Å². The molecule has 1 aliphatic rings. The number of rotatable bonds is 3. The fourth-order valence-electron chi connectivity index (χ4n) is 2.21. The van der Waals surface area contributed by atoms with Gasteiger partial charge in [0, 0.05) is 11.4 Å². The molecule has 0 unspecified atom stereocenters. The van der Waals surface area contributed by atoms with Gasteiger partial charge in [0.05, 0.1) is 0 Å². The van der Waals surface area contributed by atoms with Crippen molar-refractivity contribution in [3.05, 3.63) is 34.9 Å². The van der Waals surface area contributed by atoms with Crippen molar-refractivity contribution in [1.29, 1.82) is 0 Å². The number of carbonyl (C=O) groups is 1. The number of aliphatic carboxylic acids is 1. The first-order valence-corrected chi connectivity index (χ1v) is 5.51. The van der Waals surface area contributed by atoms with E-state index >= 15 is 0 Å². The van der Waals surface area contributed by atoms with Crippen LogP contribution in [0.4, 0.5) is 0 Å². The highest BCUT2D eigenvalue weighted by Gasteiger charge is 2.32. The van der Waals surface area contributed by atoms with Crippen LogP contribution >= 0.6 is 11.6 Å². The van der Waals surface area contributed by atoms with E-state index in [0.29, 0.717) is 18.3 Å². The van der Waals surface area contributed by atoms with Crippen molar-refractivity contribution in [3.63, 3.8) is 0 Å². The molecule has 1 aliphatic carbocycles. The highest BCUT2D eigenvalue weighted by atomic mass is 35.5. The third kappa shape index (κ3) is 2.32. The molecule has 0 amide bonds. The molecule has 1 fully saturated rings. The summed E-state index contributed by atoms with van der Waals surface area (Å²) in [6.45, 7) is 0. The van der Waals surface area contributed by atoms with Crippen LogP contribution in [0, 0.1) is 5.92 Å². The van der Waals surface area contributed by atoms with E-state index in [1.54, 1.807) is 0 Å². The first kappa shape index (κ1) is 10.5. The predicted octanol–water partition coefficient (Wildman–Crippen LogP) is 3.31. The first-order chi connectivity index (χ1) is 7.16. The van der Waals surface area contributed by atoms with E-state index in [-0.39, 0.29) is 0 Å². The van der Waals surface area contributed by atoms with E-state index in [0.717, 1.165) is 17.9 Å². The Kier molecular flexibility index (Phi) is 2.96. The Morgan fingerprint density at radius 2 is 2.07 bits per heavy atom. The zero-order valence-electron chi connectivity index (χ0n) is 8.32. The van der Waals surface area contributed by atoms with Crippen molar-refractivity contribution in [2.45, 2.75) is 25.2 Å². The van der Waals surface area contributed by atoms with Crippen LogP contribution in [0.3, 0.4) is 0 Å².